The molecule has 176 valence electrons. The van der Waals surface area contributed by atoms with Gasteiger partial charge in [0.1, 0.15) is 17.3 Å². The minimum atomic E-state index is -3.91. The molecule has 0 fully saturated rings. The quantitative estimate of drug-likeness (QED) is 0.297. The molecule has 0 radical (unpaired) electrons. The number of anilines is 2. The summed E-state index contributed by atoms with van der Waals surface area (Å²) in [6.45, 7) is 1.82. The summed E-state index contributed by atoms with van der Waals surface area (Å²) in [5.74, 6) is 0.118. The van der Waals surface area contributed by atoms with Crippen molar-refractivity contribution in [2.24, 2.45) is 5.14 Å². The summed E-state index contributed by atoms with van der Waals surface area (Å²) < 4.78 is 40.5. The Hall–Kier alpha value is -3.72. The first-order valence-corrected chi connectivity index (χ1v) is 12.6. The normalized spacial score (nSPS) is 11.7. The van der Waals surface area contributed by atoms with Crippen LogP contribution in [-0.4, -0.2) is 18.2 Å². The van der Waals surface area contributed by atoms with Gasteiger partial charge in [-0.15, -0.1) is 0 Å². The smallest absolute Gasteiger partial charge is 0.238 e. The summed E-state index contributed by atoms with van der Waals surface area (Å²) in [6, 6.07) is 24.1. The van der Waals surface area contributed by atoms with Gasteiger partial charge in [0.15, 0.2) is 0 Å². The maximum Gasteiger partial charge on any atom is 0.238 e. The number of aromatic nitrogens is 2. The van der Waals surface area contributed by atoms with Crippen molar-refractivity contribution in [2.45, 2.75) is 11.8 Å². The number of rotatable bonds is 5. The van der Waals surface area contributed by atoms with Crippen LogP contribution in [0, 0.1) is 12.7 Å². The molecule has 35 heavy (non-hydrogen) atoms. The number of nitrogens with two attached hydrogens (primary N) is 1. The van der Waals surface area contributed by atoms with E-state index >= 15 is 4.39 Å². The lowest BCUT2D eigenvalue weighted by atomic mass is 10.1. The summed E-state index contributed by atoms with van der Waals surface area (Å²) in [5.41, 5.74) is 2.58. The van der Waals surface area contributed by atoms with Gasteiger partial charge in [-0.05, 0) is 53.6 Å². The molecule has 1 aromatic heterocycles. The van der Waals surface area contributed by atoms with E-state index in [0.717, 1.165) is 10.8 Å². The van der Waals surface area contributed by atoms with Crippen molar-refractivity contribution >= 4 is 43.9 Å². The zero-order valence-electron chi connectivity index (χ0n) is 18.5. The molecule has 6 nitrogen and oxygen atoms in total. The van der Waals surface area contributed by atoms with Crippen LogP contribution in [0.2, 0.25) is 5.02 Å². The van der Waals surface area contributed by atoms with Crippen molar-refractivity contribution in [3.63, 3.8) is 0 Å². The van der Waals surface area contributed by atoms with Crippen molar-refractivity contribution in [3.05, 3.63) is 101 Å². The van der Waals surface area contributed by atoms with Crippen molar-refractivity contribution in [2.75, 3.05) is 5.32 Å². The minimum Gasteiger partial charge on any atom is -0.339 e. The number of halogens is 2. The highest BCUT2D eigenvalue weighted by molar-refractivity contribution is 7.89. The average molecular weight is 507 g/mol. The first kappa shape index (κ1) is 23.0. The van der Waals surface area contributed by atoms with E-state index in [1.165, 1.54) is 16.8 Å². The predicted molar refractivity (Wildman–Crippen MR) is 137 cm³/mol. The van der Waals surface area contributed by atoms with Crippen LogP contribution in [0.25, 0.3) is 27.6 Å². The first-order chi connectivity index (χ1) is 16.7. The van der Waals surface area contributed by atoms with E-state index in [9.17, 15) is 8.42 Å². The lowest BCUT2D eigenvalue weighted by molar-refractivity contribution is 0.598. The maximum absolute atomic E-state index is 15.0. The van der Waals surface area contributed by atoms with E-state index in [2.05, 4.69) is 10.4 Å². The molecule has 0 aliphatic heterocycles. The molecule has 0 saturated heterocycles. The van der Waals surface area contributed by atoms with Gasteiger partial charge in [-0.2, -0.15) is 5.10 Å². The second kappa shape index (κ2) is 8.81. The fourth-order valence-corrected chi connectivity index (χ4v) is 5.00. The Morgan fingerprint density at radius 3 is 2.34 bits per heavy atom. The van der Waals surface area contributed by atoms with Crippen molar-refractivity contribution < 1.29 is 12.8 Å². The molecular weight excluding hydrogens is 487 g/mol. The molecule has 5 aromatic rings. The summed E-state index contributed by atoms with van der Waals surface area (Å²) in [5, 5.41) is 15.1. The number of nitrogens with zero attached hydrogens (tertiary/aromatic N) is 2. The first-order valence-electron chi connectivity index (χ1n) is 10.6. The van der Waals surface area contributed by atoms with Gasteiger partial charge in [0.2, 0.25) is 10.0 Å². The van der Waals surface area contributed by atoms with Crippen LogP contribution >= 0.6 is 11.6 Å². The minimum absolute atomic E-state index is 0.0113. The summed E-state index contributed by atoms with van der Waals surface area (Å²) in [4.78, 5) is 0.0113. The van der Waals surface area contributed by atoms with Gasteiger partial charge in [-0.3, -0.25) is 0 Å². The summed E-state index contributed by atoms with van der Waals surface area (Å²) in [7, 11) is -3.91. The van der Waals surface area contributed by atoms with Crippen molar-refractivity contribution in [1.82, 2.24) is 9.78 Å². The molecule has 0 spiro atoms. The van der Waals surface area contributed by atoms with Crippen LogP contribution in [0.1, 0.15) is 5.69 Å². The second-order valence-corrected chi connectivity index (χ2v) is 10.0. The number of aryl methyl sites for hydroxylation is 1. The molecule has 5 rings (SSSR count). The van der Waals surface area contributed by atoms with Crippen LogP contribution in [0.3, 0.4) is 0 Å². The van der Waals surface area contributed by atoms with Gasteiger partial charge in [0.05, 0.1) is 21.3 Å². The Balaban J connectivity index is 1.53. The van der Waals surface area contributed by atoms with Crippen molar-refractivity contribution in [3.8, 4) is 16.8 Å². The molecule has 0 amide bonds. The lowest BCUT2D eigenvalue weighted by Crippen LogP contribution is -2.13. The topological polar surface area (TPSA) is 90.0 Å². The zero-order chi connectivity index (χ0) is 24.7. The summed E-state index contributed by atoms with van der Waals surface area (Å²) >= 11 is 6.56. The summed E-state index contributed by atoms with van der Waals surface area (Å²) in [6.07, 6.45) is 0. The third kappa shape index (κ3) is 4.51. The average Bonchev–Trinajstić information content (AvgIpc) is 3.19. The fourth-order valence-electron chi connectivity index (χ4n) is 4.01. The van der Waals surface area contributed by atoms with Gasteiger partial charge >= 0.3 is 0 Å². The van der Waals surface area contributed by atoms with Crippen LogP contribution in [0.15, 0.2) is 89.8 Å². The number of sulfonamides is 1. The zero-order valence-corrected chi connectivity index (χ0v) is 20.1. The molecule has 0 atom stereocenters. The van der Waals surface area contributed by atoms with Gasteiger partial charge in [0.25, 0.3) is 0 Å². The Labute approximate surface area is 206 Å². The third-order valence-corrected chi connectivity index (χ3v) is 6.89. The molecule has 1 heterocycles. The number of hydrogen-bond acceptors (Lipinski definition) is 4. The monoisotopic (exact) mass is 506 g/mol. The number of fused-ring (bicyclic) bond motifs is 1. The van der Waals surface area contributed by atoms with E-state index < -0.39 is 15.8 Å². The van der Waals surface area contributed by atoms with Crippen molar-refractivity contribution in [1.29, 1.82) is 0 Å². The lowest BCUT2D eigenvalue weighted by Gasteiger charge is -2.14. The molecule has 3 N–H and O–H groups in total. The third-order valence-electron chi connectivity index (χ3n) is 5.61. The largest absolute Gasteiger partial charge is 0.339 e. The standard InChI is InChI=1S/C26H20ClFN4O2S/c1-16-12-26(32(31-16)24-15-18-7-3-2-6-17(18)14-22(24)28)30-23-11-10-19(13-21(23)27)20-8-4-5-9-25(20)35(29,33)34/h2-15,30H,1H3,(H2,29,33,34). The maximum atomic E-state index is 15.0. The number of hydrogen-bond donors (Lipinski definition) is 2. The SMILES string of the molecule is Cc1cc(Nc2ccc(-c3ccccc3S(N)(=O)=O)cc2Cl)n(-c2cc3ccccc3cc2F)n1. The Bertz CT molecular complexity index is 1700. The highest BCUT2D eigenvalue weighted by Crippen LogP contribution is 2.34. The Morgan fingerprint density at radius 1 is 0.943 bits per heavy atom. The molecule has 0 aliphatic rings. The molecule has 0 bridgehead atoms. The highest BCUT2D eigenvalue weighted by atomic mass is 35.5. The molecule has 0 aliphatic carbocycles. The van der Waals surface area contributed by atoms with E-state index in [-0.39, 0.29) is 4.90 Å². The highest BCUT2D eigenvalue weighted by Gasteiger charge is 2.17. The van der Waals surface area contributed by atoms with Gasteiger partial charge in [0, 0.05) is 11.6 Å². The van der Waals surface area contributed by atoms with E-state index in [4.69, 9.17) is 16.7 Å². The molecule has 0 unspecified atom stereocenters. The molecule has 9 heteroatoms. The van der Waals surface area contributed by atoms with E-state index in [0.29, 0.717) is 39.0 Å². The predicted octanol–water partition coefficient (Wildman–Crippen LogP) is 6.18. The van der Waals surface area contributed by atoms with Gasteiger partial charge in [-0.25, -0.2) is 22.6 Å². The second-order valence-electron chi connectivity index (χ2n) is 8.09. The molecule has 0 saturated carbocycles. The van der Waals surface area contributed by atoms with Crippen LogP contribution < -0.4 is 10.5 Å². The van der Waals surface area contributed by atoms with Crippen LogP contribution in [0.5, 0.6) is 0 Å². The molecule has 4 aromatic carbocycles. The Morgan fingerprint density at radius 2 is 1.63 bits per heavy atom. The van der Waals surface area contributed by atoms with Crippen LogP contribution in [-0.2, 0) is 10.0 Å². The Kier molecular flexibility index (Phi) is 5.80. The van der Waals surface area contributed by atoms with Gasteiger partial charge in [-0.1, -0.05) is 60.1 Å². The van der Waals surface area contributed by atoms with E-state index in [1.54, 1.807) is 48.5 Å². The van der Waals surface area contributed by atoms with Crippen LogP contribution in [0.4, 0.5) is 15.9 Å². The number of nitrogens with one attached hydrogen (secondary N) is 1. The number of primary sulfonamides is 1. The number of benzene rings is 4. The fraction of sp³-hybridized carbons (Fsp3) is 0.0385. The van der Waals surface area contributed by atoms with E-state index in [1.807, 2.05) is 31.2 Å². The van der Waals surface area contributed by atoms with Gasteiger partial charge < -0.3 is 5.32 Å². The molecular formula is C26H20ClFN4O2S.